The topological polar surface area (TPSA) is 46.6 Å². The molecule has 0 aliphatic carbocycles. The normalized spacial score (nSPS) is 15.4. The molecule has 0 unspecified atom stereocenters. The molecular weight excluding hydrogens is 242 g/mol. The van der Waals surface area contributed by atoms with Gasteiger partial charge in [-0.3, -0.25) is 9.59 Å². The Hall–Kier alpha value is -2.10. The standard InChI is InChI=1S/C15H17NO3/c1-12(17)19-14(11-16-9-5-6-10-16)15(18)13-7-3-2-4-8-13/h2-4,7-8,11H,5-6,9-10H2,1H3/b14-11-. The second kappa shape index (κ2) is 6.18. The molecule has 1 saturated heterocycles. The summed E-state index contributed by atoms with van der Waals surface area (Å²) in [6, 6.07) is 8.84. The fraction of sp³-hybridized carbons (Fsp3) is 0.333. The predicted molar refractivity (Wildman–Crippen MR) is 71.4 cm³/mol. The predicted octanol–water partition coefficient (Wildman–Crippen LogP) is 2.37. The molecule has 1 aliphatic heterocycles. The quantitative estimate of drug-likeness (QED) is 0.360. The summed E-state index contributed by atoms with van der Waals surface area (Å²) in [5.41, 5.74) is 0.522. The van der Waals surface area contributed by atoms with Gasteiger partial charge >= 0.3 is 5.97 Å². The van der Waals surface area contributed by atoms with Crippen molar-refractivity contribution in [2.75, 3.05) is 13.1 Å². The number of esters is 1. The van der Waals surface area contributed by atoms with E-state index in [9.17, 15) is 9.59 Å². The molecule has 1 aliphatic rings. The highest BCUT2D eigenvalue weighted by Gasteiger charge is 2.18. The van der Waals surface area contributed by atoms with Crippen molar-refractivity contribution in [3.8, 4) is 0 Å². The molecule has 0 amide bonds. The number of likely N-dealkylation sites (tertiary alicyclic amines) is 1. The summed E-state index contributed by atoms with van der Waals surface area (Å²) in [6.45, 7) is 3.09. The molecule has 1 heterocycles. The van der Waals surface area contributed by atoms with Gasteiger partial charge in [-0.05, 0) is 12.8 Å². The monoisotopic (exact) mass is 259 g/mol. The molecule has 1 aromatic rings. The maximum atomic E-state index is 12.3. The molecule has 0 N–H and O–H groups in total. The van der Waals surface area contributed by atoms with Crippen molar-refractivity contribution in [1.82, 2.24) is 4.90 Å². The molecule has 0 atom stereocenters. The van der Waals surface area contributed by atoms with E-state index in [1.165, 1.54) is 6.92 Å². The lowest BCUT2D eigenvalue weighted by molar-refractivity contribution is -0.136. The maximum Gasteiger partial charge on any atom is 0.308 e. The van der Waals surface area contributed by atoms with Gasteiger partial charge < -0.3 is 9.64 Å². The highest BCUT2D eigenvalue weighted by atomic mass is 16.5. The number of hydrogen-bond acceptors (Lipinski definition) is 4. The molecule has 19 heavy (non-hydrogen) atoms. The van der Waals surface area contributed by atoms with Gasteiger partial charge in [0.05, 0.1) is 0 Å². The van der Waals surface area contributed by atoms with Gasteiger partial charge in [0.1, 0.15) is 0 Å². The van der Waals surface area contributed by atoms with Crippen LogP contribution in [0.5, 0.6) is 0 Å². The Labute approximate surface area is 112 Å². The summed E-state index contributed by atoms with van der Waals surface area (Å²) >= 11 is 0. The lowest BCUT2D eigenvalue weighted by Crippen LogP contribution is -2.17. The van der Waals surface area contributed by atoms with Crippen molar-refractivity contribution in [3.63, 3.8) is 0 Å². The van der Waals surface area contributed by atoms with Crippen molar-refractivity contribution < 1.29 is 14.3 Å². The number of nitrogens with zero attached hydrogens (tertiary/aromatic N) is 1. The van der Waals surface area contributed by atoms with Gasteiger partial charge in [-0.15, -0.1) is 0 Å². The highest BCUT2D eigenvalue weighted by Crippen LogP contribution is 2.14. The van der Waals surface area contributed by atoms with Gasteiger partial charge in [0.15, 0.2) is 5.76 Å². The van der Waals surface area contributed by atoms with Crippen LogP contribution in [0.3, 0.4) is 0 Å². The lowest BCUT2D eigenvalue weighted by Gasteiger charge is -2.14. The Bertz CT molecular complexity index is 487. The van der Waals surface area contributed by atoms with E-state index in [0.717, 1.165) is 25.9 Å². The van der Waals surface area contributed by atoms with Crippen molar-refractivity contribution in [2.45, 2.75) is 19.8 Å². The average Bonchev–Trinajstić information content (AvgIpc) is 2.90. The van der Waals surface area contributed by atoms with Crippen molar-refractivity contribution >= 4 is 11.8 Å². The molecule has 0 saturated carbocycles. The molecule has 4 heteroatoms. The van der Waals surface area contributed by atoms with Gasteiger partial charge in [-0.25, -0.2) is 0 Å². The van der Waals surface area contributed by atoms with E-state index < -0.39 is 5.97 Å². The van der Waals surface area contributed by atoms with Crippen LogP contribution in [0.4, 0.5) is 0 Å². The van der Waals surface area contributed by atoms with Gasteiger partial charge in [0.2, 0.25) is 5.78 Å². The van der Waals surface area contributed by atoms with Crippen LogP contribution >= 0.6 is 0 Å². The number of rotatable bonds is 4. The van der Waals surface area contributed by atoms with Gasteiger partial charge in [0, 0.05) is 31.8 Å². The average molecular weight is 259 g/mol. The van der Waals surface area contributed by atoms with Crippen LogP contribution in [0.1, 0.15) is 30.1 Å². The first-order chi connectivity index (χ1) is 9.16. The zero-order valence-electron chi connectivity index (χ0n) is 11.0. The Morgan fingerprint density at radius 2 is 1.79 bits per heavy atom. The summed E-state index contributed by atoms with van der Waals surface area (Å²) in [7, 11) is 0. The number of carbonyl (C=O) groups excluding carboxylic acids is 2. The number of hydrogen-bond donors (Lipinski definition) is 0. The minimum Gasteiger partial charge on any atom is -0.421 e. The van der Waals surface area contributed by atoms with E-state index in [-0.39, 0.29) is 11.5 Å². The number of Topliss-reactive ketones (excluding diaryl/α,β-unsaturated/α-hetero) is 1. The molecule has 0 radical (unpaired) electrons. The number of allylic oxidation sites excluding steroid dienone is 1. The van der Waals surface area contributed by atoms with Crippen LogP contribution in [0.25, 0.3) is 0 Å². The number of benzene rings is 1. The minimum absolute atomic E-state index is 0.0978. The number of ketones is 1. The Balaban J connectivity index is 2.21. The summed E-state index contributed by atoms with van der Waals surface area (Å²) in [4.78, 5) is 25.4. The van der Waals surface area contributed by atoms with Crippen molar-refractivity contribution in [3.05, 3.63) is 47.9 Å². The third-order valence-electron chi connectivity index (χ3n) is 2.95. The molecular formula is C15H17NO3. The van der Waals surface area contributed by atoms with Crippen molar-refractivity contribution in [1.29, 1.82) is 0 Å². The molecule has 100 valence electrons. The first kappa shape index (κ1) is 13.3. The third-order valence-corrected chi connectivity index (χ3v) is 2.95. The fourth-order valence-electron chi connectivity index (χ4n) is 2.05. The fourth-order valence-corrected chi connectivity index (χ4v) is 2.05. The third kappa shape index (κ3) is 3.68. The Morgan fingerprint density at radius 3 is 2.37 bits per heavy atom. The van der Waals surface area contributed by atoms with Gasteiger partial charge in [-0.1, -0.05) is 30.3 Å². The van der Waals surface area contributed by atoms with Gasteiger partial charge in [0.25, 0.3) is 0 Å². The lowest BCUT2D eigenvalue weighted by atomic mass is 10.1. The zero-order chi connectivity index (χ0) is 13.7. The molecule has 4 nitrogen and oxygen atoms in total. The molecule has 1 aromatic carbocycles. The van der Waals surface area contributed by atoms with Gasteiger partial charge in [-0.2, -0.15) is 0 Å². The van der Waals surface area contributed by atoms with Crippen LogP contribution in [0.2, 0.25) is 0 Å². The van der Waals surface area contributed by atoms with Crippen LogP contribution in [0, 0.1) is 0 Å². The molecule has 1 fully saturated rings. The molecule has 0 bridgehead atoms. The van der Waals surface area contributed by atoms with Crippen LogP contribution < -0.4 is 0 Å². The van der Waals surface area contributed by atoms with Crippen LogP contribution in [-0.2, 0) is 9.53 Å². The Kier molecular flexibility index (Phi) is 4.34. The highest BCUT2D eigenvalue weighted by molar-refractivity contribution is 6.08. The van der Waals surface area contributed by atoms with E-state index in [0.29, 0.717) is 5.56 Å². The molecule has 0 aromatic heterocycles. The Morgan fingerprint density at radius 1 is 1.16 bits per heavy atom. The largest absolute Gasteiger partial charge is 0.421 e. The van der Waals surface area contributed by atoms with E-state index in [4.69, 9.17) is 4.74 Å². The van der Waals surface area contributed by atoms with Crippen molar-refractivity contribution in [2.24, 2.45) is 0 Å². The van der Waals surface area contributed by atoms with E-state index in [1.807, 2.05) is 11.0 Å². The van der Waals surface area contributed by atoms with E-state index in [2.05, 4.69) is 0 Å². The zero-order valence-corrected chi connectivity index (χ0v) is 11.0. The van der Waals surface area contributed by atoms with E-state index in [1.54, 1.807) is 30.5 Å². The summed E-state index contributed by atoms with van der Waals surface area (Å²) in [5, 5.41) is 0. The maximum absolute atomic E-state index is 12.3. The molecule has 0 spiro atoms. The summed E-state index contributed by atoms with van der Waals surface area (Å²) in [5.74, 6) is -0.641. The first-order valence-corrected chi connectivity index (χ1v) is 6.41. The summed E-state index contributed by atoms with van der Waals surface area (Å²) in [6.07, 6.45) is 3.86. The second-order valence-corrected chi connectivity index (χ2v) is 4.53. The number of ether oxygens (including phenoxy) is 1. The molecule has 2 rings (SSSR count). The number of carbonyl (C=O) groups is 2. The first-order valence-electron chi connectivity index (χ1n) is 6.41. The minimum atomic E-state index is -0.477. The SMILES string of the molecule is CC(=O)O/C(=C\N1CCCC1)C(=O)c1ccccc1. The van der Waals surface area contributed by atoms with Crippen LogP contribution in [0.15, 0.2) is 42.3 Å². The second-order valence-electron chi connectivity index (χ2n) is 4.53. The van der Waals surface area contributed by atoms with E-state index >= 15 is 0 Å². The smallest absolute Gasteiger partial charge is 0.308 e. The summed E-state index contributed by atoms with van der Waals surface area (Å²) < 4.78 is 5.06. The van der Waals surface area contributed by atoms with Crippen LogP contribution in [-0.4, -0.2) is 29.7 Å².